The molecule has 3 rings (SSSR count). The SMILES string of the molecule is CCc1ccc(Cc2cc(C3(C)OC(CO)C(O)C(O)C3O)ccc2F)cc1. The molecule has 0 aromatic heterocycles. The summed E-state index contributed by atoms with van der Waals surface area (Å²) in [6, 6.07) is 12.3. The first-order valence-electron chi connectivity index (χ1n) is 9.49. The van der Waals surface area contributed by atoms with E-state index in [1.165, 1.54) is 17.7 Å². The molecule has 1 aliphatic heterocycles. The zero-order valence-electron chi connectivity index (χ0n) is 16.0. The molecule has 4 N–H and O–H groups in total. The van der Waals surface area contributed by atoms with Crippen LogP contribution in [0.1, 0.15) is 36.1 Å². The van der Waals surface area contributed by atoms with Crippen molar-refractivity contribution in [2.45, 2.75) is 56.7 Å². The predicted molar refractivity (Wildman–Crippen MR) is 102 cm³/mol. The number of hydrogen-bond acceptors (Lipinski definition) is 5. The van der Waals surface area contributed by atoms with Gasteiger partial charge in [0.25, 0.3) is 0 Å². The fourth-order valence-electron chi connectivity index (χ4n) is 3.70. The monoisotopic (exact) mass is 390 g/mol. The third-order valence-corrected chi connectivity index (χ3v) is 5.64. The second-order valence-electron chi connectivity index (χ2n) is 7.52. The van der Waals surface area contributed by atoms with Gasteiger partial charge in [-0.05, 0) is 47.7 Å². The van der Waals surface area contributed by atoms with Crippen molar-refractivity contribution in [3.05, 3.63) is 70.5 Å². The van der Waals surface area contributed by atoms with E-state index in [4.69, 9.17) is 4.74 Å². The molecule has 152 valence electrons. The van der Waals surface area contributed by atoms with Crippen LogP contribution in [0, 0.1) is 5.82 Å². The highest BCUT2D eigenvalue weighted by molar-refractivity contribution is 5.35. The molecule has 2 aromatic carbocycles. The Labute approximate surface area is 164 Å². The summed E-state index contributed by atoms with van der Waals surface area (Å²) >= 11 is 0. The van der Waals surface area contributed by atoms with Crippen molar-refractivity contribution in [2.24, 2.45) is 0 Å². The van der Waals surface area contributed by atoms with Crippen molar-refractivity contribution >= 4 is 0 Å². The van der Waals surface area contributed by atoms with E-state index < -0.39 is 36.6 Å². The van der Waals surface area contributed by atoms with Crippen LogP contribution in [0.15, 0.2) is 42.5 Å². The van der Waals surface area contributed by atoms with E-state index in [2.05, 4.69) is 6.92 Å². The number of hydrogen-bond donors (Lipinski definition) is 4. The Hall–Kier alpha value is -1.83. The average Bonchev–Trinajstić information content (AvgIpc) is 2.71. The molecular weight excluding hydrogens is 363 g/mol. The molecule has 2 aromatic rings. The van der Waals surface area contributed by atoms with E-state index in [0.717, 1.165) is 12.0 Å². The molecule has 0 radical (unpaired) electrons. The number of ether oxygens (including phenoxy) is 1. The van der Waals surface area contributed by atoms with Crippen molar-refractivity contribution in [1.29, 1.82) is 0 Å². The van der Waals surface area contributed by atoms with E-state index in [1.807, 2.05) is 24.3 Å². The normalized spacial score (nSPS) is 30.4. The summed E-state index contributed by atoms with van der Waals surface area (Å²) in [5.74, 6) is -0.378. The van der Waals surface area contributed by atoms with E-state index in [1.54, 1.807) is 13.0 Å². The van der Waals surface area contributed by atoms with Crippen LogP contribution in [0.2, 0.25) is 0 Å². The number of aliphatic hydroxyl groups is 4. The van der Waals surface area contributed by atoms with Crippen molar-refractivity contribution in [3.63, 3.8) is 0 Å². The molecule has 1 heterocycles. The third-order valence-electron chi connectivity index (χ3n) is 5.64. The molecule has 6 heteroatoms. The van der Waals surface area contributed by atoms with Crippen LogP contribution in [0.5, 0.6) is 0 Å². The van der Waals surface area contributed by atoms with Gasteiger partial charge < -0.3 is 25.2 Å². The van der Waals surface area contributed by atoms with Crippen LogP contribution in [0.4, 0.5) is 4.39 Å². The minimum Gasteiger partial charge on any atom is -0.394 e. The van der Waals surface area contributed by atoms with E-state index in [-0.39, 0.29) is 5.82 Å². The van der Waals surface area contributed by atoms with Crippen LogP contribution in [-0.4, -0.2) is 51.4 Å². The fourth-order valence-corrected chi connectivity index (χ4v) is 3.70. The highest BCUT2D eigenvalue weighted by Crippen LogP contribution is 2.38. The summed E-state index contributed by atoms with van der Waals surface area (Å²) in [7, 11) is 0. The van der Waals surface area contributed by atoms with Crippen LogP contribution in [0.25, 0.3) is 0 Å². The van der Waals surface area contributed by atoms with E-state index >= 15 is 0 Å². The van der Waals surface area contributed by atoms with Crippen molar-refractivity contribution in [2.75, 3.05) is 6.61 Å². The summed E-state index contributed by atoms with van der Waals surface area (Å²) in [6.45, 7) is 3.11. The lowest BCUT2D eigenvalue weighted by Crippen LogP contribution is -2.62. The minimum absolute atomic E-state index is 0.366. The first kappa shape index (κ1) is 20.9. The number of halogens is 1. The summed E-state index contributed by atoms with van der Waals surface area (Å²) in [5.41, 5.74) is 1.64. The molecule has 0 saturated carbocycles. The molecule has 5 unspecified atom stereocenters. The summed E-state index contributed by atoms with van der Waals surface area (Å²) in [5, 5.41) is 40.1. The number of aryl methyl sites for hydroxylation is 1. The Balaban J connectivity index is 1.92. The highest BCUT2D eigenvalue weighted by atomic mass is 19.1. The van der Waals surface area contributed by atoms with E-state index in [0.29, 0.717) is 17.5 Å². The van der Waals surface area contributed by atoms with Gasteiger partial charge in [-0.3, -0.25) is 0 Å². The highest BCUT2D eigenvalue weighted by Gasteiger charge is 2.51. The molecule has 0 amide bonds. The minimum atomic E-state index is -1.49. The maximum Gasteiger partial charge on any atom is 0.126 e. The van der Waals surface area contributed by atoms with Gasteiger partial charge in [-0.15, -0.1) is 0 Å². The predicted octanol–water partition coefficient (Wildman–Crippen LogP) is 1.67. The number of rotatable bonds is 5. The quantitative estimate of drug-likeness (QED) is 0.624. The van der Waals surface area contributed by atoms with Gasteiger partial charge in [0.2, 0.25) is 0 Å². The van der Waals surface area contributed by atoms with Gasteiger partial charge in [0.1, 0.15) is 35.8 Å². The average molecular weight is 390 g/mol. The van der Waals surface area contributed by atoms with Gasteiger partial charge in [-0.2, -0.15) is 0 Å². The zero-order chi connectivity index (χ0) is 20.5. The summed E-state index contributed by atoms with van der Waals surface area (Å²) in [6.07, 6.45) is -4.11. The Morgan fingerprint density at radius 1 is 1.00 bits per heavy atom. The molecule has 28 heavy (non-hydrogen) atoms. The second kappa shape index (κ2) is 8.27. The molecule has 0 spiro atoms. The zero-order valence-corrected chi connectivity index (χ0v) is 16.0. The molecule has 0 aliphatic carbocycles. The topological polar surface area (TPSA) is 90.2 Å². The largest absolute Gasteiger partial charge is 0.394 e. The molecule has 1 aliphatic rings. The van der Waals surface area contributed by atoms with Gasteiger partial charge in [0.15, 0.2) is 0 Å². The molecule has 1 fully saturated rings. The van der Waals surface area contributed by atoms with Crippen LogP contribution >= 0.6 is 0 Å². The van der Waals surface area contributed by atoms with E-state index in [9.17, 15) is 24.8 Å². The maximum absolute atomic E-state index is 14.4. The molecular formula is C22H27FO5. The Morgan fingerprint density at radius 2 is 1.64 bits per heavy atom. The van der Waals surface area contributed by atoms with Crippen LogP contribution in [-0.2, 0) is 23.2 Å². The standard InChI is InChI=1S/C22H27FO5/c1-3-13-4-6-14(7-5-13)10-15-11-16(8-9-17(15)23)22(2)21(27)20(26)19(25)18(12-24)28-22/h4-9,11,18-21,24-27H,3,10,12H2,1-2H3. The third kappa shape index (κ3) is 3.83. The lowest BCUT2D eigenvalue weighted by molar-refractivity contribution is -0.273. The number of aliphatic hydroxyl groups excluding tert-OH is 4. The van der Waals surface area contributed by atoms with Gasteiger partial charge in [-0.1, -0.05) is 37.3 Å². The van der Waals surface area contributed by atoms with Gasteiger partial charge >= 0.3 is 0 Å². The van der Waals surface area contributed by atoms with Gasteiger partial charge in [0, 0.05) is 6.42 Å². The second-order valence-corrected chi connectivity index (χ2v) is 7.52. The Kier molecular flexibility index (Phi) is 6.17. The first-order valence-corrected chi connectivity index (χ1v) is 9.49. The van der Waals surface area contributed by atoms with Crippen molar-refractivity contribution < 1.29 is 29.6 Å². The molecule has 5 atom stereocenters. The fraction of sp³-hybridized carbons (Fsp3) is 0.455. The summed E-state index contributed by atoms with van der Waals surface area (Å²) < 4.78 is 20.2. The Bertz CT molecular complexity index is 807. The Morgan fingerprint density at radius 3 is 2.25 bits per heavy atom. The van der Waals surface area contributed by atoms with Crippen molar-refractivity contribution in [1.82, 2.24) is 0 Å². The molecule has 1 saturated heterocycles. The van der Waals surface area contributed by atoms with Crippen LogP contribution < -0.4 is 0 Å². The molecule has 0 bridgehead atoms. The van der Waals surface area contributed by atoms with Crippen molar-refractivity contribution in [3.8, 4) is 0 Å². The molecule has 5 nitrogen and oxygen atoms in total. The van der Waals surface area contributed by atoms with Crippen LogP contribution in [0.3, 0.4) is 0 Å². The smallest absolute Gasteiger partial charge is 0.126 e. The lowest BCUT2D eigenvalue weighted by atomic mass is 9.80. The lowest BCUT2D eigenvalue weighted by Gasteiger charge is -2.47. The van der Waals surface area contributed by atoms with Gasteiger partial charge in [0.05, 0.1) is 6.61 Å². The number of benzene rings is 2. The maximum atomic E-state index is 14.4. The van der Waals surface area contributed by atoms with Gasteiger partial charge in [-0.25, -0.2) is 4.39 Å². The first-order chi connectivity index (χ1) is 13.3. The summed E-state index contributed by atoms with van der Waals surface area (Å²) in [4.78, 5) is 0.